The zero-order chi connectivity index (χ0) is 13.6. The lowest BCUT2D eigenvalue weighted by molar-refractivity contribution is -0.154. The van der Waals surface area contributed by atoms with E-state index in [-0.39, 0.29) is 0 Å². The number of aliphatic carboxylic acids is 4. The molecule has 0 aliphatic heterocycles. The number of carbonyl (C=O) groups is 4. The molecule has 0 aromatic carbocycles. The molecule has 0 radical (unpaired) electrons. The van der Waals surface area contributed by atoms with Gasteiger partial charge in [0.2, 0.25) is 0 Å². The lowest BCUT2D eigenvalue weighted by Gasteiger charge is -2.24. The van der Waals surface area contributed by atoms with Crippen LogP contribution in [-0.2, 0) is 19.2 Å². The van der Waals surface area contributed by atoms with E-state index in [1.54, 1.807) is 0 Å². The van der Waals surface area contributed by atoms with Gasteiger partial charge in [0.1, 0.15) is 6.04 Å². The predicted molar refractivity (Wildman–Crippen MR) is 50.5 cm³/mol. The van der Waals surface area contributed by atoms with Gasteiger partial charge in [0.05, 0.1) is 19.5 Å². The third kappa shape index (κ3) is 6.10. The molecular formula is C8H11NO8. The van der Waals surface area contributed by atoms with Crippen molar-refractivity contribution in [1.29, 1.82) is 0 Å². The molecule has 1 atom stereocenters. The van der Waals surface area contributed by atoms with Crippen LogP contribution in [0, 0.1) is 0 Å². The third-order valence-electron chi connectivity index (χ3n) is 1.77. The van der Waals surface area contributed by atoms with E-state index < -0.39 is 49.4 Å². The van der Waals surface area contributed by atoms with Gasteiger partial charge in [-0.15, -0.1) is 0 Å². The number of rotatable bonds is 8. The third-order valence-corrected chi connectivity index (χ3v) is 1.77. The maximum Gasteiger partial charge on any atom is 0.321 e. The second-order valence-corrected chi connectivity index (χ2v) is 3.14. The summed E-state index contributed by atoms with van der Waals surface area (Å²) in [5.74, 6) is -5.93. The molecule has 0 aromatic heterocycles. The summed E-state index contributed by atoms with van der Waals surface area (Å²) in [6.45, 7) is -1.73. The van der Waals surface area contributed by atoms with Crippen molar-refractivity contribution >= 4 is 23.9 Å². The van der Waals surface area contributed by atoms with Gasteiger partial charge >= 0.3 is 23.9 Å². The van der Waals surface area contributed by atoms with E-state index >= 15 is 0 Å². The highest BCUT2D eigenvalue weighted by Crippen LogP contribution is 2.05. The molecule has 9 nitrogen and oxygen atoms in total. The number of carboxylic acid groups (broad SMARTS) is 4. The van der Waals surface area contributed by atoms with Crippen molar-refractivity contribution in [1.82, 2.24) is 4.90 Å². The Kier molecular flexibility index (Phi) is 5.61. The maximum absolute atomic E-state index is 10.7. The topological polar surface area (TPSA) is 152 Å². The van der Waals surface area contributed by atoms with Crippen LogP contribution >= 0.6 is 0 Å². The highest BCUT2D eigenvalue weighted by molar-refractivity contribution is 5.82. The van der Waals surface area contributed by atoms with E-state index in [4.69, 9.17) is 20.4 Å². The van der Waals surface area contributed by atoms with Crippen molar-refractivity contribution < 1.29 is 39.6 Å². The van der Waals surface area contributed by atoms with Gasteiger partial charge in [-0.2, -0.15) is 0 Å². The monoisotopic (exact) mass is 249 g/mol. The smallest absolute Gasteiger partial charge is 0.321 e. The first-order valence-corrected chi connectivity index (χ1v) is 4.36. The van der Waals surface area contributed by atoms with E-state index in [1.165, 1.54) is 0 Å². The maximum atomic E-state index is 10.7. The van der Waals surface area contributed by atoms with Gasteiger partial charge in [0.25, 0.3) is 0 Å². The number of hydrogen-bond acceptors (Lipinski definition) is 5. The Bertz CT molecular complexity index is 322. The standard InChI is InChI=1S/C8H11NO8/c10-5(11)1-4(8(16)17)9(2-6(12)13)3-7(14)15/h4H,1-3H2,(H,10,11)(H,12,13)(H,14,15)(H,16,17)/t4-/m0/s1. The molecule has 17 heavy (non-hydrogen) atoms. The molecule has 0 spiro atoms. The molecule has 4 N–H and O–H groups in total. The molecule has 0 heterocycles. The Morgan fingerprint density at radius 3 is 1.47 bits per heavy atom. The van der Waals surface area contributed by atoms with Gasteiger partial charge in [-0.05, 0) is 0 Å². The van der Waals surface area contributed by atoms with Gasteiger partial charge < -0.3 is 20.4 Å². The summed E-state index contributed by atoms with van der Waals surface area (Å²) in [7, 11) is 0. The molecule has 0 fully saturated rings. The molecule has 96 valence electrons. The average molecular weight is 249 g/mol. The quantitative estimate of drug-likeness (QED) is 0.397. The summed E-state index contributed by atoms with van der Waals surface area (Å²) in [4.78, 5) is 42.6. The summed E-state index contributed by atoms with van der Waals surface area (Å²) in [6.07, 6.45) is -0.879. The number of hydrogen-bond donors (Lipinski definition) is 4. The van der Waals surface area contributed by atoms with Crippen molar-refractivity contribution in [3.63, 3.8) is 0 Å². The number of nitrogens with zero attached hydrogens (tertiary/aromatic N) is 1. The molecule has 0 aromatic rings. The first kappa shape index (κ1) is 14.8. The lowest BCUT2D eigenvalue weighted by Crippen LogP contribution is -2.47. The van der Waals surface area contributed by atoms with Gasteiger partial charge in [0, 0.05) is 0 Å². The molecule has 0 aliphatic rings. The molecule has 9 heteroatoms. The molecule has 0 saturated carbocycles. The van der Waals surface area contributed by atoms with Crippen LogP contribution in [0.1, 0.15) is 6.42 Å². The Balaban J connectivity index is 4.91. The van der Waals surface area contributed by atoms with Crippen molar-refractivity contribution in [2.75, 3.05) is 13.1 Å². The fourth-order valence-corrected chi connectivity index (χ4v) is 1.16. The summed E-state index contributed by atoms with van der Waals surface area (Å²) < 4.78 is 0. The van der Waals surface area contributed by atoms with Crippen molar-refractivity contribution in [3.8, 4) is 0 Å². The zero-order valence-electron chi connectivity index (χ0n) is 8.57. The summed E-state index contributed by atoms with van der Waals surface area (Å²) >= 11 is 0. The van der Waals surface area contributed by atoms with Crippen LogP contribution in [0.2, 0.25) is 0 Å². The second kappa shape index (κ2) is 6.43. The highest BCUT2D eigenvalue weighted by atomic mass is 16.4. The lowest BCUT2D eigenvalue weighted by atomic mass is 10.1. The van der Waals surface area contributed by atoms with Crippen LogP contribution in [0.3, 0.4) is 0 Å². The summed E-state index contributed by atoms with van der Waals surface area (Å²) in [5, 5.41) is 34.2. The zero-order valence-corrected chi connectivity index (χ0v) is 8.57. The van der Waals surface area contributed by atoms with E-state index in [0.717, 1.165) is 0 Å². The minimum Gasteiger partial charge on any atom is -0.481 e. The highest BCUT2D eigenvalue weighted by Gasteiger charge is 2.30. The fraction of sp³-hybridized carbons (Fsp3) is 0.500. The molecule has 0 aliphatic carbocycles. The first-order valence-electron chi connectivity index (χ1n) is 4.36. The van der Waals surface area contributed by atoms with Gasteiger partial charge in [-0.1, -0.05) is 0 Å². The van der Waals surface area contributed by atoms with E-state index in [1.807, 2.05) is 0 Å². The number of carboxylic acids is 4. The van der Waals surface area contributed by atoms with Gasteiger partial charge in [-0.3, -0.25) is 24.1 Å². The van der Waals surface area contributed by atoms with Crippen LogP contribution in [0.4, 0.5) is 0 Å². The van der Waals surface area contributed by atoms with Crippen molar-refractivity contribution in [3.05, 3.63) is 0 Å². The van der Waals surface area contributed by atoms with Gasteiger partial charge in [0.15, 0.2) is 0 Å². The first-order chi connectivity index (χ1) is 7.73. The molecule has 0 amide bonds. The molecular weight excluding hydrogens is 238 g/mol. The SMILES string of the molecule is O=C(O)C[C@@H](C(=O)O)N(CC(=O)O)CC(=O)O. The molecule has 0 unspecified atom stereocenters. The minimum absolute atomic E-state index is 0.557. The Hall–Kier alpha value is -2.16. The second-order valence-electron chi connectivity index (χ2n) is 3.14. The van der Waals surface area contributed by atoms with Crippen molar-refractivity contribution in [2.24, 2.45) is 0 Å². The summed E-state index contributed by atoms with van der Waals surface area (Å²) in [5.41, 5.74) is 0. The Morgan fingerprint density at radius 1 is 0.824 bits per heavy atom. The van der Waals surface area contributed by atoms with Crippen LogP contribution in [0.15, 0.2) is 0 Å². The summed E-state index contributed by atoms with van der Waals surface area (Å²) in [6, 6.07) is -1.69. The van der Waals surface area contributed by atoms with Crippen LogP contribution in [0.5, 0.6) is 0 Å². The Labute approximate surface area is 94.9 Å². The van der Waals surface area contributed by atoms with E-state index in [2.05, 4.69) is 0 Å². The fourth-order valence-electron chi connectivity index (χ4n) is 1.16. The van der Waals surface area contributed by atoms with Gasteiger partial charge in [-0.25, -0.2) is 0 Å². The predicted octanol–water partition coefficient (Wildman–Crippen LogP) is -1.61. The van der Waals surface area contributed by atoms with Crippen LogP contribution < -0.4 is 0 Å². The van der Waals surface area contributed by atoms with E-state index in [0.29, 0.717) is 4.90 Å². The molecule has 0 saturated heterocycles. The largest absolute Gasteiger partial charge is 0.481 e. The Morgan fingerprint density at radius 2 is 1.24 bits per heavy atom. The molecule has 0 rings (SSSR count). The average Bonchev–Trinajstić information content (AvgIpc) is 2.10. The molecule has 0 bridgehead atoms. The van der Waals surface area contributed by atoms with E-state index in [9.17, 15) is 19.2 Å². The van der Waals surface area contributed by atoms with Crippen LogP contribution in [0.25, 0.3) is 0 Å². The normalized spacial score (nSPS) is 12.1. The minimum atomic E-state index is -1.69. The van der Waals surface area contributed by atoms with Crippen molar-refractivity contribution in [2.45, 2.75) is 12.5 Å². The van der Waals surface area contributed by atoms with Crippen LogP contribution in [-0.4, -0.2) is 68.3 Å².